The van der Waals surface area contributed by atoms with Crippen LogP contribution in [0.1, 0.15) is 6.42 Å². The van der Waals surface area contributed by atoms with E-state index in [4.69, 9.17) is 6.42 Å². The van der Waals surface area contributed by atoms with Crippen molar-refractivity contribution in [1.29, 1.82) is 0 Å². The molecule has 2 nitrogen and oxygen atoms in total. The Balaban J connectivity index is 2.48. The van der Waals surface area contributed by atoms with Crippen molar-refractivity contribution >= 4 is 8.07 Å². The van der Waals surface area contributed by atoms with Crippen molar-refractivity contribution in [3.63, 3.8) is 0 Å². The van der Waals surface area contributed by atoms with E-state index >= 15 is 0 Å². The van der Waals surface area contributed by atoms with Crippen molar-refractivity contribution in [1.82, 2.24) is 4.90 Å². The number of rotatable bonds is 2. The first-order valence-corrected chi connectivity index (χ1v) is 8.48. The maximum Gasteiger partial charge on any atom is 0.139 e. The van der Waals surface area contributed by atoms with Crippen LogP contribution in [0.3, 0.4) is 0 Å². The van der Waals surface area contributed by atoms with Crippen LogP contribution in [0.25, 0.3) is 0 Å². The maximum atomic E-state index is 9.80. The van der Waals surface area contributed by atoms with E-state index in [2.05, 4.69) is 30.5 Å². The van der Waals surface area contributed by atoms with Crippen LogP contribution < -0.4 is 0 Å². The predicted molar refractivity (Wildman–Crippen MR) is 58.2 cm³/mol. The highest BCUT2D eigenvalue weighted by molar-refractivity contribution is 6.76. The number of terminal acetylenes is 1. The molecule has 0 aromatic heterocycles. The average molecular weight is 197 g/mol. The van der Waals surface area contributed by atoms with Gasteiger partial charge in [0.25, 0.3) is 0 Å². The Hall–Kier alpha value is -0.303. The first-order chi connectivity index (χ1) is 5.85. The van der Waals surface area contributed by atoms with Crippen LogP contribution in [0.5, 0.6) is 0 Å². The van der Waals surface area contributed by atoms with Gasteiger partial charge in [-0.25, -0.2) is 0 Å². The lowest BCUT2D eigenvalue weighted by atomic mass is 10.1. The molecule has 1 rings (SSSR count). The second-order valence-electron chi connectivity index (χ2n) is 5.20. The third kappa shape index (κ3) is 3.15. The minimum absolute atomic E-state index is 0.660. The van der Waals surface area contributed by atoms with Gasteiger partial charge in [0, 0.05) is 19.5 Å². The SMILES string of the molecule is C#CC1(O)CCN(C[Si](C)(C)C)C1. The summed E-state index contributed by atoms with van der Waals surface area (Å²) in [5.74, 6) is 2.49. The Labute approximate surface area is 82.0 Å². The highest BCUT2D eigenvalue weighted by atomic mass is 28.3. The normalized spacial score (nSPS) is 30.4. The molecule has 0 bridgehead atoms. The summed E-state index contributed by atoms with van der Waals surface area (Å²) < 4.78 is 0. The molecule has 0 saturated carbocycles. The summed E-state index contributed by atoms with van der Waals surface area (Å²) in [5, 5.41) is 9.80. The Kier molecular flexibility index (Phi) is 2.86. The van der Waals surface area contributed by atoms with Gasteiger partial charge >= 0.3 is 0 Å². The Morgan fingerprint density at radius 3 is 2.54 bits per heavy atom. The molecule has 1 aliphatic rings. The summed E-state index contributed by atoms with van der Waals surface area (Å²) in [4.78, 5) is 2.30. The van der Waals surface area contributed by atoms with Crippen LogP contribution in [0.15, 0.2) is 0 Å². The van der Waals surface area contributed by atoms with Gasteiger partial charge in [-0.1, -0.05) is 25.6 Å². The lowest BCUT2D eigenvalue weighted by molar-refractivity contribution is 0.111. The van der Waals surface area contributed by atoms with Gasteiger partial charge in [0.2, 0.25) is 0 Å². The smallest absolute Gasteiger partial charge is 0.139 e. The van der Waals surface area contributed by atoms with Crippen LogP contribution in [0.4, 0.5) is 0 Å². The van der Waals surface area contributed by atoms with Gasteiger partial charge in [-0.3, -0.25) is 0 Å². The summed E-state index contributed by atoms with van der Waals surface area (Å²) in [5.41, 5.74) is -0.848. The Morgan fingerprint density at radius 2 is 2.15 bits per heavy atom. The number of hydrogen-bond donors (Lipinski definition) is 1. The van der Waals surface area contributed by atoms with Crippen molar-refractivity contribution in [2.75, 3.05) is 19.3 Å². The van der Waals surface area contributed by atoms with Gasteiger partial charge in [-0.2, -0.15) is 0 Å². The van der Waals surface area contributed by atoms with Crippen LogP contribution >= 0.6 is 0 Å². The van der Waals surface area contributed by atoms with Crippen LogP contribution in [-0.4, -0.2) is 42.9 Å². The summed E-state index contributed by atoms with van der Waals surface area (Å²) in [7, 11) is -1.05. The van der Waals surface area contributed by atoms with E-state index in [1.807, 2.05) is 0 Å². The quantitative estimate of drug-likeness (QED) is 0.526. The van der Waals surface area contributed by atoms with E-state index in [9.17, 15) is 5.11 Å². The third-order valence-corrected chi connectivity index (χ3v) is 3.69. The number of aliphatic hydroxyl groups is 1. The molecular formula is C10H19NOSi. The van der Waals surface area contributed by atoms with Gasteiger partial charge in [-0.15, -0.1) is 6.42 Å². The summed E-state index contributed by atoms with van der Waals surface area (Å²) >= 11 is 0. The molecule has 1 fully saturated rings. The maximum absolute atomic E-state index is 9.80. The van der Waals surface area contributed by atoms with E-state index < -0.39 is 13.7 Å². The van der Waals surface area contributed by atoms with E-state index in [0.717, 1.165) is 19.1 Å². The van der Waals surface area contributed by atoms with Crippen LogP contribution in [0, 0.1) is 12.3 Å². The van der Waals surface area contributed by atoms with Gasteiger partial charge in [0.15, 0.2) is 0 Å². The van der Waals surface area contributed by atoms with Gasteiger partial charge < -0.3 is 10.0 Å². The third-order valence-electron chi connectivity index (χ3n) is 2.29. The molecule has 13 heavy (non-hydrogen) atoms. The second kappa shape index (κ2) is 3.45. The molecule has 74 valence electrons. The first-order valence-electron chi connectivity index (χ1n) is 4.77. The monoisotopic (exact) mass is 197 g/mol. The topological polar surface area (TPSA) is 23.5 Å². The summed E-state index contributed by atoms with van der Waals surface area (Å²) in [6.07, 6.45) is 7.14. The number of nitrogens with zero attached hydrogens (tertiary/aromatic N) is 1. The van der Waals surface area contributed by atoms with Crippen molar-refractivity contribution in [2.45, 2.75) is 31.7 Å². The summed E-state index contributed by atoms with van der Waals surface area (Å²) in [6.45, 7) is 8.61. The molecule has 0 amide bonds. The average Bonchev–Trinajstić information content (AvgIpc) is 2.30. The first kappa shape index (κ1) is 10.8. The van der Waals surface area contributed by atoms with E-state index in [1.54, 1.807) is 0 Å². The van der Waals surface area contributed by atoms with Crippen molar-refractivity contribution in [3.8, 4) is 12.3 Å². The Morgan fingerprint density at radius 1 is 1.54 bits per heavy atom. The fourth-order valence-electron chi connectivity index (χ4n) is 1.79. The molecule has 0 aromatic carbocycles. The number of hydrogen-bond acceptors (Lipinski definition) is 2. The highest BCUT2D eigenvalue weighted by Crippen LogP contribution is 2.21. The molecule has 3 heteroatoms. The summed E-state index contributed by atoms with van der Waals surface area (Å²) in [6, 6.07) is 0. The molecule has 0 spiro atoms. The van der Waals surface area contributed by atoms with Gasteiger partial charge in [0.1, 0.15) is 5.60 Å². The van der Waals surface area contributed by atoms with E-state index in [0.29, 0.717) is 6.54 Å². The zero-order valence-corrected chi connectivity index (χ0v) is 9.80. The van der Waals surface area contributed by atoms with Crippen LogP contribution in [0.2, 0.25) is 19.6 Å². The molecule has 1 atom stereocenters. The number of β-amino-alcohol motifs (C(OH)–C–C–N with tert-alkyl or cyclic N) is 1. The fourth-order valence-corrected chi connectivity index (χ4v) is 3.41. The lowest BCUT2D eigenvalue weighted by Gasteiger charge is -2.25. The minimum Gasteiger partial charge on any atom is -0.376 e. The van der Waals surface area contributed by atoms with Crippen LogP contribution in [-0.2, 0) is 0 Å². The van der Waals surface area contributed by atoms with Gasteiger partial charge in [-0.05, 0) is 6.17 Å². The lowest BCUT2D eigenvalue weighted by Crippen LogP contribution is -2.41. The minimum atomic E-state index is -1.05. The van der Waals surface area contributed by atoms with Crippen molar-refractivity contribution in [2.24, 2.45) is 0 Å². The van der Waals surface area contributed by atoms with Crippen molar-refractivity contribution < 1.29 is 5.11 Å². The Bertz CT molecular complexity index is 228. The van der Waals surface area contributed by atoms with Crippen molar-refractivity contribution in [3.05, 3.63) is 0 Å². The van der Waals surface area contributed by atoms with E-state index in [-0.39, 0.29) is 0 Å². The molecule has 1 heterocycles. The zero-order valence-electron chi connectivity index (χ0n) is 8.80. The standard InChI is InChI=1S/C10H19NOSi/c1-5-10(12)6-7-11(8-10)9-13(2,3)4/h1,12H,6-9H2,2-4H3. The molecule has 1 unspecified atom stereocenters. The molecule has 0 aliphatic carbocycles. The second-order valence-corrected chi connectivity index (χ2v) is 10.6. The molecule has 0 radical (unpaired) electrons. The molecule has 1 saturated heterocycles. The number of likely N-dealkylation sites (tertiary alicyclic amines) is 1. The highest BCUT2D eigenvalue weighted by Gasteiger charge is 2.35. The predicted octanol–water partition coefficient (Wildman–Crippen LogP) is 0.934. The molecule has 1 aliphatic heterocycles. The zero-order chi connectivity index (χ0) is 10.1. The largest absolute Gasteiger partial charge is 0.376 e. The molecule has 0 aromatic rings. The van der Waals surface area contributed by atoms with E-state index in [1.165, 1.54) is 0 Å². The van der Waals surface area contributed by atoms with Gasteiger partial charge in [0.05, 0.1) is 8.07 Å². The fraction of sp³-hybridized carbons (Fsp3) is 0.800. The molecule has 1 N–H and O–H groups in total. The molecular weight excluding hydrogens is 178 g/mol.